The molecular weight excluding hydrogens is 494 g/mol. The van der Waals surface area contributed by atoms with E-state index >= 15 is 0 Å². The molecule has 0 saturated carbocycles. The standard InChI is InChI=1S/C30H37N5O4/c1-30(2,3)39-29(38)34-24(14-12-20-8-5-4-6-9-20)28(37)35-17-7-10-25(35)27(36)33-19-21-11-13-23-22(18-21)15-16-32-26(23)31/h4-6,8-9,11,13,15-16,18,24-25H,7,10,12,14,17,19H2,1-3H3,(H2,31,32)(H,33,36)(H,34,38)/t24-,25+/m1/s1. The summed E-state index contributed by atoms with van der Waals surface area (Å²) < 4.78 is 5.42. The first-order valence-corrected chi connectivity index (χ1v) is 13.4. The van der Waals surface area contributed by atoms with Crippen molar-refractivity contribution in [2.24, 2.45) is 0 Å². The molecule has 0 spiro atoms. The second kappa shape index (κ2) is 12.1. The van der Waals surface area contributed by atoms with E-state index in [2.05, 4.69) is 15.6 Å². The van der Waals surface area contributed by atoms with E-state index in [0.717, 1.165) is 21.9 Å². The Labute approximate surface area is 229 Å². The number of hydrogen-bond donors (Lipinski definition) is 3. The fourth-order valence-corrected chi connectivity index (χ4v) is 4.83. The lowest BCUT2D eigenvalue weighted by Crippen LogP contribution is -2.54. The van der Waals surface area contributed by atoms with E-state index in [1.807, 2.05) is 54.6 Å². The van der Waals surface area contributed by atoms with Gasteiger partial charge in [0.2, 0.25) is 11.8 Å². The molecule has 9 nitrogen and oxygen atoms in total. The maximum atomic E-state index is 13.7. The van der Waals surface area contributed by atoms with Crippen molar-refractivity contribution >= 4 is 34.5 Å². The smallest absolute Gasteiger partial charge is 0.408 e. The molecule has 4 rings (SSSR count). The fourth-order valence-electron chi connectivity index (χ4n) is 4.83. The second-order valence-corrected chi connectivity index (χ2v) is 10.9. The minimum absolute atomic E-state index is 0.214. The van der Waals surface area contributed by atoms with Gasteiger partial charge < -0.3 is 26.0 Å². The van der Waals surface area contributed by atoms with E-state index in [1.54, 1.807) is 31.9 Å². The average Bonchev–Trinajstić information content (AvgIpc) is 3.39. The van der Waals surface area contributed by atoms with Crippen LogP contribution in [0.15, 0.2) is 60.8 Å². The molecule has 4 N–H and O–H groups in total. The number of anilines is 1. The number of alkyl carbamates (subject to hydrolysis) is 1. The van der Waals surface area contributed by atoms with Gasteiger partial charge in [0.05, 0.1) is 0 Å². The molecule has 2 aromatic carbocycles. The first-order chi connectivity index (χ1) is 18.6. The number of nitrogens with zero attached hydrogens (tertiary/aromatic N) is 2. The molecule has 1 aliphatic rings. The lowest BCUT2D eigenvalue weighted by molar-refractivity contribution is -0.140. The fraction of sp³-hybridized carbons (Fsp3) is 0.400. The van der Waals surface area contributed by atoms with Crippen molar-refractivity contribution in [1.29, 1.82) is 0 Å². The van der Waals surface area contributed by atoms with Gasteiger partial charge in [-0.15, -0.1) is 0 Å². The zero-order valence-electron chi connectivity index (χ0n) is 22.8. The number of nitrogens with two attached hydrogens (primary N) is 1. The quantitative estimate of drug-likeness (QED) is 0.404. The highest BCUT2D eigenvalue weighted by Gasteiger charge is 2.38. The number of carbonyl (C=O) groups is 3. The van der Waals surface area contributed by atoms with E-state index in [9.17, 15) is 14.4 Å². The van der Waals surface area contributed by atoms with E-state index in [4.69, 9.17) is 10.5 Å². The molecule has 2 atom stereocenters. The Morgan fingerprint density at radius 2 is 1.87 bits per heavy atom. The third kappa shape index (κ3) is 7.46. The van der Waals surface area contributed by atoms with Crippen molar-refractivity contribution in [2.45, 2.75) is 70.7 Å². The van der Waals surface area contributed by atoms with Crippen LogP contribution in [0.25, 0.3) is 10.8 Å². The van der Waals surface area contributed by atoms with Gasteiger partial charge >= 0.3 is 6.09 Å². The van der Waals surface area contributed by atoms with Crippen molar-refractivity contribution in [3.05, 3.63) is 71.9 Å². The van der Waals surface area contributed by atoms with Crippen LogP contribution in [-0.2, 0) is 27.3 Å². The van der Waals surface area contributed by atoms with Gasteiger partial charge in [-0.1, -0.05) is 42.5 Å². The number of nitrogen functional groups attached to an aromatic ring is 1. The predicted molar refractivity (Wildman–Crippen MR) is 151 cm³/mol. The largest absolute Gasteiger partial charge is 0.444 e. The van der Waals surface area contributed by atoms with E-state index in [1.165, 1.54) is 0 Å². The summed E-state index contributed by atoms with van der Waals surface area (Å²) in [6.07, 6.45) is 3.27. The van der Waals surface area contributed by atoms with Gasteiger partial charge in [0.15, 0.2) is 0 Å². The molecule has 1 aromatic heterocycles. The molecule has 0 unspecified atom stereocenters. The minimum Gasteiger partial charge on any atom is -0.444 e. The highest BCUT2D eigenvalue weighted by Crippen LogP contribution is 2.22. The number of aromatic nitrogens is 1. The minimum atomic E-state index is -0.812. The van der Waals surface area contributed by atoms with Crippen LogP contribution in [0.3, 0.4) is 0 Å². The maximum absolute atomic E-state index is 13.7. The number of hydrogen-bond acceptors (Lipinski definition) is 6. The van der Waals surface area contributed by atoms with Crippen molar-refractivity contribution < 1.29 is 19.1 Å². The van der Waals surface area contributed by atoms with E-state index in [-0.39, 0.29) is 11.8 Å². The summed E-state index contributed by atoms with van der Waals surface area (Å²) in [7, 11) is 0. The molecule has 0 radical (unpaired) electrons. The molecule has 0 aliphatic carbocycles. The van der Waals surface area contributed by atoms with E-state index in [0.29, 0.717) is 44.6 Å². The summed E-state index contributed by atoms with van der Waals surface area (Å²) in [5.74, 6) is -0.0256. The van der Waals surface area contributed by atoms with Crippen LogP contribution >= 0.6 is 0 Å². The zero-order chi connectivity index (χ0) is 28.0. The highest BCUT2D eigenvalue weighted by molar-refractivity contribution is 5.93. The number of likely N-dealkylation sites (tertiary alicyclic amines) is 1. The Morgan fingerprint density at radius 3 is 2.62 bits per heavy atom. The first kappa shape index (κ1) is 27.9. The van der Waals surface area contributed by atoms with Crippen molar-refractivity contribution in [3.63, 3.8) is 0 Å². The summed E-state index contributed by atoms with van der Waals surface area (Å²) in [4.78, 5) is 45.2. The third-order valence-corrected chi connectivity index (χ3v) is 6.72. The number of pyridine rings is 1. The Morgan fingerprint density at radius 1 is 1.10 bits per heavy atom. The Balaban J connectivity index is 1.43. The molecule has 2 heterocycles. The lowest BCUT2D eigenvalue weighted by atomic mass is 10.0. The summed E-state index contributed by atoms with van der Waals surface area (Å²) in [5.41, 5.74) is 7.23. The topological polar surface area (TPSA) is 127 Å². The summed E-state index contributed by atoms with van der Waals surface area (Å²) in [6, 6.07) is 16.0. The van der Waals surface area contributed by atoms with Crippen LogP contribution in [0.5, 0.6) is 0 Å². The number of ether oxygens (including phenoxy) is 1. The van der Waals surface area contributed by atoms with Gasteiger partial charge in [-0.25, -0.2) is 9.78 Å². The molecule has 3 amide bonds. The van der Waals surface area contributed by atoms with Gasteiger partial charge in [-0.05, 0) is 75.1 Å². The van der Waals surface area contributed by atoms with Crippen molar-refractivity contribution in [3.8, 4) is 0 Å². The van der Waals surface area contributed by atoms with Crippen LogP contribution in [0.1, 0.15) is 51.2 Å². The van der Waals surface area contributed by atoms with Crippen LogP contribution in [-0.4, -0.2) is 52.0 Å². The number of aryl methyl sites for hydroxylation is 1. The van der Waals surface area contributed by atoms with Gasteiger partial charge in [-0.2, -0.15) is 0 Å². The Kier molecular flexibility index (Phi) is 8.69. The number of carbonyl (C=O) groups excluding carboxylic acids is 3. The van der Waals surface area contributed by atoms with Crippen LogP contribution in [0.2, 0.25) is 0 Å². The molecule has 9 heteroatoms. The molecule has 1 aliphatic heterocycles. The molecule has 0 bridgehead atoms. The first-order valence-electron chi connectivity index (χ1n) is 13.4. The second-order valence-electron chi connectivity index (χ2n) is 10.9. The van der Waals surface area contributed by atoms with Crippen LogP contribution in [0, 0.1) is 0 Å². The number of nitrogens with one attached hydrogen (secondary N) is 2. The average molecular weight is 532 g/mol. The highest BCUT2D eigenvalue weighted by atomic mass is 16.6. The summed E-state index contributed by atoms with van der Waals surface area (Å²) in [6.45, 7) is 6.10. The lowest BCUT2D eigenvalue weighted by Gasteiger charge is -2.29. The molecule has 1 saturated heterocycles. The van der Waals surface area contributed by atoms with E-state index < -0.39 is 23.8 Å². The molecule has 206 valence electrons. The van der Waals surface area contributed by atoms with Gasteiger partial charge in [-0.3, -0.25) is 9.59 Å². The Hall–Kier alpha value is -4.14. The van der Waals surface area contributed by atoms with Gasteiger partial charge in [0.25, 0.3) is 0 Å². The van der Waals surface area contributed by atoms with Crippen LogP contribution < -0.4 is 16.4 Å². The molecule has 3 aromatic rings. The zero-order valence-corrected chi connectivity index (χ0v) is 22.8. The predicted octanol–water partition coefficient (Wildman–Crippen LogP) is 3.95. The normalized spacial score (nSPS) is 16.1. The number of rotatable bonds is 8. The third-order valence-electron chi connectivity index (χ3n) is 6.72. The van der Waals surface area contributed by atoms with Crippen molar-refractivity contribution in [1.82, 2.24) is 20.5 Å². The molecule has 1 fully saturated rings. The SMILES string of the molecule is CC(C)(C)OC(=O)N[C@H](CCc1ccccc1)C(=O)N1CCC[C@H]1C(=O)NCc1ccc2c(N)nccc2c1. The Bertz CT molecular complexity index is 1320. The van der Waals surface area contributed by atoms with Crippen LogP contribution in [0.4, 0.5) is 10.6 Å². The summed E-state index contributed by atoms with van der Waals surface area (Å²) in [5, 5.41) is 7.55. The number of amides is 3. The maximum Gasteiger partial charge on any atom is 0.408 e. The number of benzene rings is 2. The summed E-state index contributed by atoms with van der Waals surface area (Å²) >= 11 is 0. The number of fused-ring (bicyclic) bond motifs is 1. The van der Waals surface area contributed by atoms with Gasteiger partial charge in [0, 0.05) is 24.7 Å². The van der Waals surface area contributed by atoms with Crippen molar-refractivity contribution in [2.75, 3.05) is 12.3 Å². The van der Waals surface area contributed by atoms with Gasteiger partial charge in [0.1, 0.15) is 23.5 Å². The monoisotopic (exact) mass is 531 g/mol. The molecule has 39 heavy (non-hydrogen) atoms. The molecular formula is C30H37N5O4.